The van der Waals surface area contributed by atoms with E-state index in [1.54, 1.807) is 0 Å². The van der Waals surface area contributed by atoms with Crippen LogP contribution in [0.4, 0.5) is 0 Å². The average molecular weight is 250 g/mol. The summed E-state index contributed by atoms with van der Waals surface area (Å²) >= 11 is 0. The van der Waals surface area contributed by atoms with Gasteiger partial charge in [-0.05, 0) is 45.6 Å². The van der Waals surface area contributed by atoms with Gasteiger partial charge < -0.3 is 15.3 Å². The van der Waals surface area contributed by atoms with Crippen molar-refractivity contribution in [2.75, 3.05) is 33.8 Å². The zero-order chi connectivity index (χ0) is 13.4. The Hall–Kier alpha value is -0.900. The van der Waals surface area contributed by atoms with Crippen LogP contribution in [-0.2, 0) is 5.54 Å². The van der Waals surface area contributed by atoms with Gasteiger partial charge in [-0.3, -0.25) is 0 Å². The van der Waals surface area contributed by atoms with Crippen molar-refractivity contribution in [1.82, 2.24) is 10.2 Å². The molecule has 0 aromatic heterocycles. The van der Waals surface area contributed by atoms with Crippen molar-refractivity contribution in [2.24, 2.45) is 0 Å². The summed E-state index contributed by atoms with van der Waals surface area (Å²) in [4.78, 5) is 2.15. The summed E-state index contributed by atoms with van der Waals surface area (Å²) in [6, 6.07) is 10.3. The molecular formula is C15H26N2O. The van der Waals surface area contributed by atoms with Crippen LogP contribution in [0.5, 0.6) is 0 Å². The second kappa shape index (κ2) is 7.52. The molecule has 0 amide bonds. The Morgan fingerprint density at radius 3 is 2.39 bits per heavy atom. The van der Waals surface area contributed by atoms with Gasteiger partial charge in [0.1, 0.15) is 0 Å². The van der Waals surface area contributed by atoms with E-state index in [1.165, 1.54) is 5.56 Å². The number of nitrogens with zero attached hydrogens (tertiary/aromatic N) is 1. The third-order valence-corrected chi connectivity index (χ3v) is 3.30. The van der Waals surface area contributed by atoms with Crippen molar-refractivity contribution < 1.29 is 5.11 Å². The zero-order valence-electron chi connectivity index (χ0n) is 11.8. The summed E-state index contributed by atoms with van der Waals surface area (Å²) in [6.45, 7) is 4.14. The molecule has 1 aromatic rings. The highest BCUT2D eigenvalue weighted by molar-refractivity contribution is 5.24. The van der Waals surface area contributed by atoms with Crippen molar-refractivity contribution in [3.63, 3.8) is 0 Å². The molecule has 0 aliphatic rings. The normalized spacial score (nSPS) is 14.7. The predicted octanol–water partition coefficient (Wildman–Crippen LogP) is 1.83. The van der Waals surface area contributed by atoms with Crippen LogP contribution in [0.2, 0.25) is 0 Å². The van der Waals surface area contributed by atoms with Crippen LogP contribution in [0.1, 0.15) is 25.3 Å². The van der Waals surface area contributed by atoms with Crippen molar-refractivity contribution in [1.29, 1.82) is 0 Å². The first-order chi connectivity index (χ1) is 8.64. The van der Waals surface area contributed by atoms with Gasteiger partial charge in [0.2, 0.25) is 0 Å². The molecule has 2 N–H and O–H groups in total. The first-order valence-electron chi connectivity index (χ1n) is 6.71. The molecule has 18 heavy (non-hydrogen) atoms. The molecule has 0 fully saturated rings. The van der Waals surface area contributed by atoms with E-state index in [1.807, 2.05) is 18.2 Å². The second-order valence-electron chi connectivity index (χ2n) is 5.09. The van der Waals surface area contributed by atoms with E-state index in [4.69, 9.17) is 0 Å². The molecule has 0 spiro atoms. The Morgan fingerprint density at radius 1 is 1.22 bits per heavy atom. The van der Waals surface area contributed by atoms with Crippen LogP contribution in [-0.4, -0.2) is 43.8 Å². The molecule has 1 unspecified atom stereocenters. The SMILES string of the molecule is CCCNC(CO)(CCN(C)C)c1ccccc1. The highest BCUT2D eigenvalue weighted by Crippen LogP contribution is 2.25. The van der Waals surface area contributed by atoms with Crippen molar-refractivity contribution in [2.45, 2.75) is 25.3 Å². The lowest BCUT2D eigenvalue weighted by atomic mass is 9.87. The summed E-state index contributed by atoms with van der Waals surface area (Å²) in [5.74, 6) is 0. The van der Waals surface area contributed by atoms with Gasteiger partial charge in [0.05, 0.1) is 12.1 Å². The largest absolute Gasteiger partial charge is 0.394 e. The van der Waals surface area contributed by atoms with E-state index in [-0.39, 0.29) is 12.1 Å². The van der Waals surface area contributed by atoms with Crippen LogP contribution in [0.3, 0.4) is 0 Å². The number of nitrogens with one attached hydrogen (secondary N) is 1. The first kappa shape index (κ1) is 15.2. The minimum atomic E-state index is -0.318. The van der Waals surface area contributed by atoms with Gasteiger partial charge in [0.15, 0.2) is 0 Å². The van der Waals surface area contributed by atoms with E-state index in [0.717, 1.165) is 25.9 Å². The lowest BCUT2D eigenvalue weighted by Crippen LogP contribution is -2.47. The Morgan fingerprint density at radius 2 is 1.89 bits per heavy atom. The topological polar surface area (TPSA) is 35.5 Å². The molecule has 1 rings (SSSR count). The monoisotopic (exact) mass is 250 g/mol. The number of aliphatic hydroxyl groups is 1. The summed E-state index contributed by atoms with van der Waals surface area (Å²) in [7, 11) is 4.12. The maximum absolute atomic E-state index is 9.89. The molecule has 0 bridgehead atoms. The van der Waals surface area contributed by atoms with Crippen molar-refractivity contribution in [3.05, 3.63) is 35.9 Å². The van der Waals surface area contributed by atoms with Crippen LogP contribution in [0.15, 0.2) is 30.3 Å². The maximum Gasteiger partial charge on any atom is 0.0681 e. The Labute approximate surface area is 111 Å². The third kappa shape index (κ3) is 4.09. The van der Waals surface area contributed by atoms with Crippen LogP contribution >= 0.6 is 0 Å². The standard InChI is InChI=1S/C15H26N2O/c1-4-11-16-15(13-18,10-12-17(2)3)14-8-6-5-7-9-14/h5-9,16,18H,4,10-13H2,1-3H3. The molecule has 0 aliphatic heterocycles. The summed E-state index contributed by atoms with van der Waals surface area (Å²) in [6.07, 6.45) is 1.97. The number of aliphatic hydroxyl groups excluding tert-OH is 1. The smallest absolute Gasteiger partial charge is 0.0681 e. The molecule has 3 nitrogen and oxygen atoms in total. The van der Waals surface area contributed by atoms with Crippen LogP contribution in [0.25, 0.3) is 0 Å². The maximum atomic E-state index is 9.89. The highest BCUT2D eigenvalue weighted by atomic mass is 16.3. The number of hydrogen-bond acceptors (Lipinski definition) is 3. The molecule has 0 saturated heterocycles. The Bertz CT molecular complexity index is 327. The van der Waals surface area contributed by atoms with Crippen LogP contribution in [0, 0.1) is 0 Å². The number of benzene rings is 1. The molecule has 102 valence electrons. The number of rotatable bonds is 8. The molecule has 0 saturated carbocycles. The second-order valence-corrected chi connectivity index (χ2v) is 5.09. The third-order valence-electron chi connectivity index (χ3n) is 3.30. The van der Waals surface area contributed by atoms with E-state index >= 15 is 0 Å². The van der Waals surface area contributed by atoms with Gasteiger partial charge in [-0.25, -0.2) is 0 Å². The van der Waals surface area contributed by atoms with E-state index in [2.05, 4.69) is 43.4 Å². The molecule has 0 aliphatic carbocycles. The Kier molecular flexibility index (Phi) is 6.33. The minimum absolute atomic E-state index is 0.130. The average Bonchev–Trinajstić information content (AvgIpc) is 2.40. The quantitative estimate of drug-likeness (QED) is 0.739. The predicted molar refractivity (Wildman–Crippen MR) is 76.7 cm³/mol. The summed E-state index contributed by atoms with van der Waals surface area (Å²) in [5, 5.41) is 13.4. The van der Waals surface area contributed by atoms with Crippen molar-refractivity contribution >= 4 is 0 Å². The lowest BCUT2D eigenvalue weighted by molar-refractivity contribution is 0.141. The van der Waals surface area contributed by atoms with Gasteiger partial charge in [0, 0.05) is 0 Å². The molecular weight excluding hydrogens is 224 g/mol. The molecule has 0 radical (unpaired) electrons. The van der Waals surface area contributed by atoms with Gasteiger partial charge in [0.25, 0.3) is 0 Å². The van der Waals surface area contributed by atoms with Gasteiger partial charge in [-0.2, -0.15) is 0 Å². The van der Waals surface area contributed by atoms with Gasteiger partial charge in [-0.15, -0.1) is 0 Å². The molecule has 3 heteroatoms. The highest BCUT2D eigenvalue weighted by Gasteiger charge is 2.30. The van der Waals surface area contributed by atoms with E-state index < -0.39 is 0 Å². The zero-order valence-corrected chi connectivity index (χ0v) is 11.8. The van der Waals surface area contributed by atoms with E-state index in [9.17, 15) is 5.11 Å². The molecule has 0 heterocycles. The van der Waals surface area contributed by atoms with Gasteiger partial charge >= 0.3 is 0 Å². The van der Waals surface area contributed by atoms with E-state index in [0.29, 0.717) is 0 Å². The fraction of sp³-hybridized carbons (Fsp3) is 0.600. The lowest BCUT2D eigenvalue weighted by Gasteiger charge is -2.35. The summed E-state index contributed by atoms with van der Waals surface area (Å²) < 4.78 is 0. The fourth-order valence-electron chi connectivity index (χ4n) is 2.10. The molecule has 1 atom stereocenters. The minimum Gasteiger partial charge on any atom is -0.394 e. The van der Waals surface area contributed by atoms with Gasteiger partial charge in [-0.1, -0.05) is 37.3 Å². The van der Waals surface area contributed by atoms with Crippen LogP contribution < -0.4 is 5.32 Å². The van der Waals surface area contributed by atoms with Crippen molar-refractivity contribution in [3.8, 4) is 0 Å². The first-order valence-corrected chi connectivity index (χ1v) is 6.71. The summed E-state index contributed by atoms with van der Waals surface area (Å²) in [5.41, 5.74) is 0.851. The fourth-order valence-corrected chi connectivity index (χ4v) is 2.10. The number of hydrogen-bond donors (Lipinski definition) is 2. The Balaban J connectivity index is 2.90. The molecule has 1 aromatic carbocycles.